The molecule has 2 fully saturated rings. The van der Waals surface area contributed by atoms with Crippen LogP contribution in [-0.2, 0) is 17.4 Å². The van der Waals surface area contributed by atoms with Gasteiger partial charge in [0.05, 0.1) is 17.6 Å². The number of carbonyl (C=O) groups excluding carboxylic acids is 1. The molecule has 1 amide bonds. The minimum Gasteiger partial charge on any atom is -0.356 e. The van der Waals surface area contributed by atoms with Crippen molar-refractivity contribution in [3.63, 3.8) is 0 Å². The first-order chi connectivity index (χ1) is 19.1. The molecule has 1 aromatic carbocycles. The van der Waals surface area contributed by atoms with Crippen LogP contribution in [-0.4, -0.2) is 98.7 Å². The highest BCUT2D eigenvalue weighted by Crippen LogP contribution is 2.32. The Labute approximate surface area is 233 Å². The molecule has 2 aromatic rings. The zero-order valence-electron chi connectivity index (χ0n) is 23.1. The van der Waals surface area contributed by atoms with Gasteiger partial charge in [-0.3, -0.25) is 9.69 Å². The van der Waals surface area contributed by atoms with Gasteiger partial charge in [0.25, 0.3) is 0 Å². The Morgan fingerprint density at radius 3 is 2.38 bits per heavy atom. The number of anilines is 2. The number of hydrogen-bond acceptors (Lipinski definition) is 8. The van der Waals surface area contributed by atoms with E-state index in [1.165, 1.54) is 0 Å². The summed E-state index contributed by atoms with van der Waals surface area (Å²) in [6.45, 7) is 5.79. The number of alkyl halides is 3. The lowest BCUT2D eigenvalue weighted by Crippen LogP contribution is -2.48. The fraction of sp³-hybridized carbons (Fsp3) is 0.571. The molecule has 0 saturated carbocycles. The Balaban J connectivity index is 1.39. The maximum atomic E-state index is 13.8. The number of nitriles is 1. The van der Waals surface area contributed by atoms with Gasteiger partial charge in [0.1, 0.15) is 11.6 Å². The van der Waals surface area contributed by atoms with Gasteiger partial charge in [-0.15, -0.1) is 0 Å². The number of nitrogens with zero attached hydrogens (tertiary/aromatic N) is 7. The number of piperidine rings is 1. The lowest BCUT2D eigenvalue weighted by Gasteiger charge is -2.37. The van der Waals surface area contributed by atoms with Crippen LogP contribution >= 0.6 is 0 Å². The van der Waals surface area contributed by atoms with E-state index < -0.39 is 12.0 Å². The van der Waals surface area contributed by atoms with Crippen molar-refractivity contribution in [3.8, 4) is 6.07 Å². The van der Waals surface area contributed by atoms with E-state index in [9.17, 15) is 18.0 Å². The molecule has 4 rings (SSSR count). The third-order valence-corrected chi connectivity index (χ3v) is 7.42. The summed E-state index contributed by atoms with van der Waals surface area (Å²) in [7, 11) is 4.03. The number of amides is 1. The summed E-state index contributed by atoms with van der Waals surface area (Å²) >= 11 is 0. The molecule has 2 aliphatic rings. The number of likely N-dealkylation sites (N-methyl/N-ethyl adjacent to an activating group) is 1. The highest BCUT2D eigenvalue weighted by atomic mass is 19.4. The molecule has 0 spiro atoms. The van der Waals surface area contributed by atoms with Crippen LogP contribution in [0.15, 0.2) is 30.3 Å². The Hall–Kier alpha value is -3.43. The van der Waals surface area contributed by atoms with Gasteiger partial charge in [-0.05, 0) is 51.1 Å². The third kappa shape index (κ3) is 8.05. The number of nitrogens with one attached hydrogen (secondary N) is 1. The lowest BCUT2D eigenvalue weighted by molar-refractivity contribution is -0.144. The highest BCUT2D eigenvalue weighted by Gasteiger charge is 2.37. The third-order valence-electron chi connectivity index (χ3n) is 7.42. The number of halogens is 3. The first kappa shape index (κ1) is 29.6. The first-order valence-corrected chi connectivity index (χ1v) is 13.7. The minimum atomic E-state index is -4.67. The SMILES string of the molecule is CN(C)CCN1CCN(c2cc(N3CCC[C@@H](C(=O)NCCc4ccc(C#N)cc4)C3)nc(C(F)(F)F)n2)CC1. The highest BCUT2D eigenvalue weighted by molar-refractivity contribution is 5.79. The molecule has 216 valence electrons. The van der Waals surface area contributed by atoms with Crippen LogP contribution in [0.3, 0.4) is 0 Å². The van der Waals surface area contributed by atoms with E-state index in [0.29, 0.717) is 57.5 Å². The van der Waals surface area contributed by atoms with E-state index in [0.717, 1.165) is 31.7 Å². The lowest BCUT2D eigenvalue weighted by atomic mass is 9.97. The predicted molar refractivity (Wildman–Crippen MR) is 147 cm³/mol. The number of carbonyl (C=O) groups is 1. The van der Waals surface area contributed by atoms with Gasteiger partial charge in [0.2, 0.25) is 11.7 Å². The first-order valence-electron chi connectivity index (χ1n) is 13.7. The predicted octanol–water partition coefficient (Wildman–Crippen LogP) is 2.63. The van der Waals surface area contributed by atoms with E-state index in [2.05, 4.69) is 31.2 Å². The molecular formula is C28H37F3N8O. The fourth-order valence-corrected chi connectivity index (χ4v) is 5.03. The molecule has 40 heavy (non-hydrogen) atoms. The van der Waals surface area contributed by atoms with E-state index >= 15 is 0 Å². The second-order valence-corrected chi connectivity index (χ2v) is 10.7. The van der Waals surface area contributed by atoms with Gasteiger partial charge < -0.3 is 20.0 Å². The molecule has 9 nitrogen and oxygen atoms in total. The van der Waals surface area contributed by atoms with Gasteiger partial charge in [0, 0.05) is 65.0 Å². The molecule has 1 atom stereocenters. The second-order valence-electron chi connectivity index (χ2n) is 10.7. The standard InChI is InChI=1S/C28H37F3N8O/c1-36(2)12-13-37-14-16-38(17-15-37)24-18-25(35-27(34-24)28(29,30)31)39-11-3-4-23(20-39)26(40)33-10-9-21-5-7-22(19-32)8-6-21/h5-8,18,23H,3-4,9-17,20H2,1-2H3,(H,33,40)/t23-/m1/s1. The Morgan fingerprint density at radius 1 is 1.07 bits per heavy atom. The van der Waals surface area contributed by atoms with E-state index in [1.54, 1.807) is 23.1 Å². The molecule has 1 aromatic heterocycles. The van der Waals surface area contributed by atoms with Gasteiger partial charge >= 0.3 is 6.18 Å². The molecule has 0 unspecified atom stereocenters. The summed E-state index contributed by atoms with van der Waals surface area (Å²) in [4.78, 5) is 28.8. The van der Waals surface area contributed by atoms with Gasteiger partial charge in [0.15, 0.2) is 0 Å². The van der Waals surface area contributed by atoms with E-state index in [1.807, 2.05) is 31.1 Å². The van der Waals surface area contributed by atoms with Crippen LogP contribution in [0.4, 0.5) is 24.8 Å². The molecule has 0 radical (unpaired) electrons. The Morgan fingerprint density at radius 2 is 1.75 bits per heavy atom. The molecule has 2 saturated heterocycles. The maximum Gasteiger partial charge on any atom is 0.451 e. The van der Waals surface area contributed by atoms with Crippen LogP contribution in [0.5, 0.6) is 0 Å². The van der Waals surface area contributed by atoms with Gasteiger partial charge in [-0.25, -0.2) is 9.97 Å². The summed E-state index contributed by atoms with van der Waals surface area (Å²) in [5.74, 6) is -1.12. The van der Waals surface area contributed by atoms with Crippen molar-refractivity contribution in [1.82, 2.24) is 25.1 Å². The Kier molecular flexibility index (Phi) is 9.81. The summed E-state index contributed by atoms with van der Waals surface area (Å²) in [5.41, 5.74) is 1.59. The normalized spacial score (nSPS) is 18.6. The van der Waals surface area contributed by atoms with Crippen molar-refractivity contribution in [2.75, 3.05) is 82.8 Å². The van der Waals surface area contributed by atoms with Crippen LogP contribution in [0.1, 0.15) is 29.8 Å². The van der Waals surface area contributed by atoms with Crippen molar-refractivity contribution >= 4 is 17.5 Å². The number of aromatic nitrogens is 2. The summed E-state index contributed by atoms with van der Waals surface area (Å²) < 4.78 is 41.4. The average Bonchev–Trinajstić information content (AvgIpc) is 2.96. The summed E-state index contributed by atoms with van der Waals surface area (Å²) in [5, 5.41) is 11.9. The Bertz CT molecular complexity index is 1170. The molecule has 12 heteroatoms. The van der Waals surface area contributed by atoms with Crippen molar-refractivity contribution in [2.45, 2.75) is 25.4 Å². The van der Waals surface area contributed by atoms with Crippen LogP contribution in [0.2, 0.25) is 0 Å². The fourth-order valence-electron chi connectivity index (χ4n) is 5.03. The van der Waals surface area contributed by atoms with Crippen LogP contribution in [0, 0.1) is 17.2 Å². The monoisotopic (exact) mass is 558 g/mol. The zero-order valence-corrected chi connectivity index (χ0v) is 23.1. The van der Waals surface area contributed by atoms with Crippen molar-refractivity contribution in [3.05, 3.63) is 47.3 Å². The van der Waals surface area contributed by atoms with E-state index in [4.69, 9.17) is 5.26 Å². The van der Waals surface area contributed by atoms with Gasteiger partial charge in [-0.2, -0.15) is 18.4 Å². The smallest absolute Gasteiger partial charge is 0.356 e. The molecule has 1 N–H and O–H groups in total. The zero-order chi connectivity index (χ0) is 28.7. The number of rotatable bonds is 9. The minimum absolute atomic E-state index is 0.113. The van der Waals surface area contributed by atoms with Crippen LogP contribution in [0.25, 0.3) is 0 Å². The topological polar surface area (TPSA) is 91.6 Å². The molecule has 0 aliphatic carbocycles. The van der Waals surface area contributed by atoms with Crippen molar-refractivity contribution in [2.24, 2.45) is 5.92 Å². The molecule has 0 bridgehead atoms. The second kappa shape index (κ2) is 13.3. The van der Waals surface area contributed by atoms with Crippen molar-refractivity contribution in [1.29, 1.82) is 5.26 Å². The van der Waals surface area contributed by atoms with Crippen LogP contribution < -0.4 is 15.1 Å². The summed E-state index contributed by atoms with van der Waals surface area (Å²) in [6, 6.07) is 10.9. The quantitative estimate of drug-likeness (QED) is 0.503. The number of hydrogen-bond donors (Lipinski definition) is 1. The summed E-state index contributed by atoms with van der Waals surface area (Å²) in [6.07, 6.45) is -2.70. The van der Waals surface area contributed by atoms with E-state index in [-0.39, 0.29) is 23.5 Å². The number of benzene rings is 1. The van der Waals surface area contributed by atoms with Crippen molar-refractivity contribution < 1.29 is 18.0 Å². The number of piperazine rings is 1. The molecular weight excluding hydrogens is 521 g/mol. The van der Waals surface area contributed by atoms with Gasteiger partial charge in [-0.1, -0.05) is 12.1 Å². The maximum absolute atomic E-state index is 13.8. The molecule has 2 aliphatic heterocycles. The largest absolute Gasteiger partial charge is 0.451 e. The molecule has 3 heterocycles. The average molecular weight is 559 g/mol.